The molecule has 0 radical (unpaired) electrons. The first-order valence-electron chi connectivity index (χ1n) is 6.51. The molecule has 0 aliphatic carbocycles. The molecule has 0 N–H and O–H groups in total. The molecule has 19 heavy (non-hydrogen) atoms. The molecule has 1 aromatic heterocycles. The van der Waals surface area contributed by atoms with Gasteiger partial charge in [-0.3, -0.25) is 0 Å². The Balaban J connectivity index is 2.22. The Hall–Kier alpha value is -1.67. The molecule has 0 saturated carbocycles. The number of para-hydroxylation sites is 1. The van der Waals surface area contributed by atoms with E-state index in [0.717, 1.165) is 10.5 Å². The molecule has 0 spiro atoms. The fraction of sp³-hybridized carbons (Fsp3) is 0.235. The van der Waals surface area contributed by atoms with E-state index in [4.69, 9.17) is 4.98 Å². The highest BCUT2D eigenvalue weighted by molar-refractivity contribution is 7.21. The minimum atomic E-state index is 0.133. The van der Waals surface area contributed by atoms with Gasteiger partial charge in [0, 0.05) is 5.56 Å². The molecular formula is C17H17NS. The van der Waals surface area contributed by atoms with Crippen LogP contribution in [0.25, 0.3) is 20.8 Å². The van der Waals surface area contributed by atoms with Crippen LogP contribution in [0, 0.1) is 0 Å². The summed E-state index contributed by atoms with van der Waals surface area (Å²) in [4.78, 5) is 4.78. The maximum absolute atomic E-state index is 4.78. The maximum atomic E-state index is 4.78. The van der Waals surface area contributed by atoms with Gasteiger partial charge in [0.25, 0.3) is 0 Å². The van der Waals surface area contributed by atoms with E-state index in [9.17, 15) is 0 Å². The summed E-state index contributed by atoms with van der Waals surface area (Å²) in [5.74, 6) is 0. The third-order valence-electron chi connectivity index (χ3n) is 3.26. The van der Waals surface area contributed by atoms with Crippen LogP contribution in [0.1, 0.15) is 26.3 Å². The molecule has 0 aliphatic rings. The quantitative estimate of drug-likeness (QED) is 0.586. The second-order valence-electron chi connectivity index (χ2n) is 5.78. The first-order valence-corrected chi connectivity index (χ1v) is 7.33. The molecule has 3 rings (SSSR count). The van der Waals surface area contributed by atoms with Gasteiger partial charge < -0.3 is 0 Å². The number of nitrogens with zero attached hydrogens (tertiary/aromatic N) is 1. The number of fused-ring (bicyclic) bond motifs is 1. The van der Waals surface area contributed by atoms with Gasteiger partial charge in [0.05, 0.1) is 10.2 Å². The second kappa shape index (κ2) is 4.46. The lowest BCUT2D eigenvalue weighted by Crippen LogP contribution is -2.12. The Bertz CT molecular complexity index is 686. The molecule has 0 fully saturated rings. The summed E-state index contributed by atoms with van der Waals surface area (Å²) in [5.41, 5.74) is 3.84. The van der Waals surface area contributed by atoms with E-state index < -0.39 is 0 Å². The zero-order valence-electron chi connectivity index (χ0n) is 11.5. The summed E-state index contributed by atoms with van der Waals surface area (Å²) in [6, 6.07) is 16.9. The van der Waals surface area contributed by atoms with Gasteiger partial charge in [-0.2, -0.15) is 0 Å². The maximum Gasteiger partial charge on any atom is 0.124 e. The summed E-state index contributed by atoms with van der Waals surface area (Å²) in [6.45, 7) is 6.75. The molecule has 2 heteroatoms. The Morgan fingerprint density at radius 3 is 2.32 bits per heavy atom. The lowest BCUT2D eigenvalue weighted by atomic mass is 9.84. The van der Waals surface area contributed by atoms with Crippen LogP contribution in [0.5, 0.6) is 0 Å². The van der Waals surface area contributed by atoms with Crippen molar-refractivity contribution in [3.63, 3.8) is 0 Å². The minimum absolute atomic E-state index is 0.133. The summed E-state index contributed by atoms with van der Waals surface area (Å²) in [5, 5.41) is 1.12. The molecule has 0 atom stereocenters. The van der Waals surface area contributed by atoms with E-state index in [2.05, 4.69) is 63.2 Å². The molecule has 1 heterocycles. The van der Waals surface area contributed by atoms with E-state index in [1.54, 1.807) is 11.3 Å². The van der Waals surface area contributed by atoms with Crippen molar-refractivity contribution in [3.8, 4) is 10.6 Å². The standard InChI is InChI=1S/C17H17NS/c1-17(2,3)13-9-5-4-8-12(13)16-18-14-10-6-7-11-15(14)19-16/h4-11H,1-3H3. The molecule has 2 aromatic carbocycles. The molecule has 96 valence electrons. The highest BCUT2D eigenvalue weighted by Gasteiger charge is 2.19. The zero-order chi connectivity index (χ0) is 13.5. The summed E-state index contributed by atoms with van der Waals surface area (Å²) < 4.78 is 1.25. The van der Waals surface area contributed by atoms with Crippen molar-refractivity contribution < 1.29 is 0 Å². The largest absolute Gasteiger partial charge is 0.236 e. The highest BCUT2D eigenvalue weighted by atomic mass is 32.1. The van der Waals surface area contributed by atoms with Gasteiger partial charge in [-0.05, 0) is 23.1 Å². The molecule has 1 nitrogen and oxygen atoms in total. The van der Waals surface area contributed by atoms with Gasteiger partial charge >= 0.3 is 0 Å². The molecule has 0 bridgehead atoms. The third kappa shape index (κ3) is 2.28. The predicted octanol–water partition coefficient (Wildman–Crippen LogP) is 5.26. The number of hydrogen-bond donors (Lipinski definition) is 0. The van der Waals surface area contributed by atoms with E-state index in [-0.39, 0.29) is 5.41 Å². The van der Waals surface area contributed by atoms with E-state index in [0.29, 0.717) is 0 Å². The molecule has 0 unspecified atom stereocenters. The lowest BCUT2D eigenvalue weighted by molar-refractivity contribution is 0.592. The molecule has 0 aliphatic heterocycles. The van der Waals surface area contributed by atoms with Gasteiger partial charge in [0.1, 0.15) is 5.01 Å². The summed E-state index contributed by atoms with van der Waals surface area (Å²) in [7, 11) is 0. The van der Waals surface area contributed by atoms with Crippen LogP contribution in [-0.2, 0) is 5.41 Å². The van der Waals surface area contributed by atoms with Crippen molar-refractivity contribution in [2.24, 2.45) is 0 Å². The number of thiazole rings is 1. The first-order chi connectivity index (χ1) is 9.05. The molecule has 3 aromatic rings. The van der Waals surface area contributed by atoms with E-state index in [1.807, 2.05) is 6.07 Å². The van der Waals surface area contributed by atoms with Crippen molar-refractivity contribution in [2.75, 3.05) is 0 Å². The van der Waals surface area contributed by atoms with Crippen molar-refractivity contribution >= 4 is 21.6 Å². The van der Waals surface area contributed by atoms with E-state index >= 15 is 0 Å². The predicted molar refractivity (Wildman–Crippen MR) is 83.8 cm³/mol. The summed E-state index contributed by atoms with van der Waals surface area (Å²) in [6.07, 6.45) is 0. The number of benzene rings is 2. The number of hydrogen-bond acceptors (Lipinski definition) is 2. The normalized spacial score (nSPS) is 11.9. The van der Waals surface area contributed by atoms with Crippen molar-refractivity contribution in [3.05, 3.63) is 54.1 Å². The Kier molecular flexibility index (Phi) is 2.90. The van der Waals surface area contributed by atoms with E-state index in [1.165, 1.54) is 15.8 Å². The van der Waals surface area contributed by atoms with Crippen LogP contribution >= 0.6 is 11.3 Å². The smallest absolute Gasteiger partial charge is 0.124 e. The van der Waals surface area contributed by atoms with Crippen LogP contribution < -0.4 is 0 Å². The fourth-order valence-corrected chi connectivity index (χ4v) is 3.32. The minimum Gasteiger partial charge on any atom is -0.236 e. The van der Waals surface area contributed by atoms with Crippen LogP contribution in [0.3, 0.4) is 0 Å². The van der Waals surface area contributed by atoms with Crippen molar-refractivity contribution in [1.29, 1.82) is 0 Å². The average molecular weight is 267 g/mol. The van der Waals surface area contributed by atoms with Crippen LogP contribution in [0.4, 0.5) is 0 Å². The number of rotatable bonds is 1. The SMILES string of the molecule is CC(C)(C)c1ccccc1-c1nc2ccccc2s1. The van der Waals surface area contributed by atoms with Gasteiger partial charge in [-0.1, -0.05) is 57.2 Å². The van der Waals surface area contributed by atoms with Crippen LogP contribution in [0.15, 0.2) is 48.5 Å². The van der Waals surface area contributed by atoms with Crippen molar-refractivity contribution in [1.82, 2.24) is 4.98 Å². The topological polar surface area (TPSA) is 12.9 Å². The van der Waals surface area contributed by atoms with Crippen molar-refractivity contribution in [2.45, 2.75) is 26.2 Å². The van der Waals surface area contributed by atoms with Gasteiger partial charge in [-0.15, -0.1) is 11.3 Å². The highest BCUT2D eigenvalue weighted by Crippen LogP contribution is 2.36. The summed E-state index contributed by atoms with van der Waals surface area (Å²) >= 11 is 1.77. The number of aromatic nitrogens is 1. The Morgan fingerprint density at radius 2 is 1.58 bits per heavy atom. The van der Waals surface area contributed by atoms with Crippen LogP contribution in [0.2, 0.25) is 0 Å². The van der Waals surface area contributed by atoms with Crippen LogP contribution in [-0.4, -0.2) is 4.98 Å². The second-order valence-corrected chi connectivity index (χ2v) is 6.81. The molecule has 0 saturated heterocycles. The molecular weight excluding hydrogens is 250 g/mol. The lowest BCUT2D eigenvalue weighted by Gasteiger charge is -2.21. The Morgan fingerprint density at radius 1 is 0.895 bits per heavy atom. The Labute approximate surface area is 117 Å². The monoisotopic (exact) mass is 267 g/mol. The zero-order valence-corrected chi connectivity index (χ0v) is 12.3. The first kappa shape index (κ1) is 12.4. The average Bonchev–Trinajstić information content (AvgIpc) is 2.81. The van der Waals surface area contributed by atoms with Gasteiger partial charge in [-0.25, -0.2) is 4.98 Å². The van der Waals surface area contributed by atoms with Gasteiger partial charge in [0.2, 0.25) is 0 Å². The third-order valence-corrected chi connectivity index (χ3v) is 4.33. The fourth-order valence-electron chi connectivity index (χ4n) is 2.31. The van der Waals surface area contributed by atoms with Gasteiger partial charge in [0.15, 0.2) is 0 Å². The molecule has 0 amide bonds.